The average molecular weight is 549 g/mol. The van der Waals surface area contributed by atoms with Crippen molar-refractivity contribution in [3.8, 4) is 16.8 Å². The van der Waals surface area contributed by atoms with E-state index in [0.29, 0.717) is 22.2 Å². The highest BCUT2D eigenvalue weighted by Crippen LogP contribution is 2.26. The van der Waals surface area contributed by atoms with Gasteiger partial charge < -0.3 is 4.90 Å². The number of amides is 2. The molecular weight excluding hydrogens is 519 g/mol. The summed E-state index contributed by atoms with van der Waals surface area (Å²) in [4.78, 5) is 48.9. The number of halogens is 1. The van der Waals surface area contributed by atoms with E-state index in [4.69, 9.17) is 4.98 Å². The molecule has 0 N–H and O–H groups in total. The first-order valence-corrected chi connectivity index (χ1v) is 13.2. The summed E-state index contributed by atoms with van der Waals surface area (Å²) < 4.78 is 15.1. The Kier molecular flexibility index (Phi) is 7.85. The van der Waals surface area contributed by atoms with Crippen LogP contribution in [0, 0.1) is 5.82 Å². The van der Waals surface area contributed by atoms with Crippen LogP contribution in [-0.2, 0) is 4.79 Å². The maximum atomic E-state index is 14.0. The molecular formula is C33H29FN4O3. The molecule has 0 bridgehead atoms. The second-order valence-electron chi connectivity index (χ2n) is 10.0. The third kappa shape index (κ3) is 5.69. The Bertz CT molecular complexity index is 1770. The molecule has 0 radical (unpaired) electrons. The highest BCUT2D eigenvalue weighted by molar-refractivity contribution is 6.05. The van der Waals surface area contributed by atoms with Gasteiger partial charge in [-0.3, -0.25) is 23.9 Å². The quantitative estimate of drug-likeness (QED) is 0.269. The molecule has 206 valence electrons. The Hall–Kier alpha value is -4.95. The van der Waals surface area contributed by atoms with E-state index in [9.17, 15) is 18.8 Å². The fraction of sp³-hybridized carbons (Fsp3) is 0.152. The van der Waals surface area contributed by atoms with Crippen molar-refractivity contribution in [1.82, 2.24) is 19.4 Å². The average Bonchev–Trinajstić information content (AvgIpc) is 2.98. The minimum Gasteiger partial charge on any atom is -0.301 e. The number of para-hydroxylation sites is 1. The number of likely N-dealkylation sites (N-methyl/N-ethyl adjacent to an activating group) is 1. The highest BCUT2D eigenvalue weighted by atomic mass is 19.1. The second-order valence-corrected chi connectivity index (χ2v) is 10.0. The Morgan fingerprint density at radius 2 is 1.44 bits per heavy atom. The second kappa shape index (κ2) is 11.7. The largest absolute Gasteiger partial charge is 0.301 e. The first-order chi connectivity index (χ1) is 19.7. The van der Waals surface area contributed by atoms with E-state index in [2.05, 4.69) is 0 Å². The van der Waals surface area contributed by atoms with Gasteiger partial charge in [0.15, 0.2) is 0 Å². The molecule has 0 saturated carbocycles. The molecule has 4 aromatic carbocycles. The predicted octanol–water partition coefficient (Wildman–Crippen LogP) is 5.48. The Labute approximate surface area is 237 Å². The molecule has 1 heterocycles. The summed E-state index contributed by atoms with van der Waals surface area (Å²) in [6.07, 6.45) is 0. The number of carbonyl (C=O) groups is 2. The van der Waals surface area contributed by atoms with Gasteiger partial charge in [-0.1, -0.05) is 54.6 Å². The van der Waals surface area contributed by atoms with Gasteiger partial charge in [0.05, 0.1) is 29.2 Å². The van der Waals surface area contributed by atoms with Crippen LogP contribution in [0.2, 0.25) is 0 Å². The van der Waals surface area contributed by atoms with Gasteiger partial charge >= 0.3 is 0 Å². The molecule has 41 heavy (non-hydrogen) atoms. The van der Waals surface area contributed by atoms with Crippen molar-refractivity contribution in [2.75, 3.05) is 20.6 Å². The summed E-state index contributed by atoms with van der Waals surface area (Å²) in [6.45, 7) is 1.63. The molecule has 0 saturated heterocycles. The van der Waals surface area contributed by atoms with Crippen molar-refractivity contribution >= 4 is 22.7 Å². The lowest BCUT2D eigenvalue weighted by atomic mass is 10.0. The van der Waals surface area contributed by atoms with Gasteiger partial charge in [-0.15, -0.1) is 0 Å². The van der Waals surface area contributed by atoms with Crippen LogP contribution in [0.5, 0.6) is 0 Å². The van der Waals surface area contributed by atoms with Crippen molar-refractivity contribution < 1.29 is 14.0 Å². The van der Waals surface area contributed by atoms with Crippen molar-refractivity contribution in [2.45, 2.75) is 13.0 Å². The molecule has 8 heteroatoms. The van der Waals surface area contributed by atoms with Crippen molar-refractivity contribution in [2.24, 2.45) is 0 Å². The summed E-state index contributed by atoms with van der Waals surface area (Å²) in [6, 6.07) is 28.2. The molecule has 7 nitrogen and oxygen atoms in total. The fourth-order valence-corrected chi connectivity index (χ4v) is 4.81. The van der Waals surface area contributed by atoms with E-state index in [1.54, 1.807) is 62.3 Å². The van der Waals surface area contributed by atoms with Crippen LogP contribution in [0.1, 0.15) is 29.1 Å². The topological polar surface area (TPSA) is 75.5 Å². The first-order valence-electron chi connectivity index (χ1n) is 13.2. The number of rotatable bonds is 7. The van der Waals surface area contributed by atoms with E-state index in [0.717, 1.165) is 16.0 Å². The molecule has 0 aliphatic rings. The third-order valence-corrected chi connectivity index (χ3v) is 6.83. The van der Waals surface area contributed by atoms with Crippen LogP contribution in [-0.4, -0.2) is 51.8 Å². The number of carbonyl (C=O) groups excluding carboxylic acids is 2. The van der Waals surface area contributed by atoms with E-state index >= 15 is 0 Å². The normalized spacial score (nSPS) is 11.9. The zero-order valence-corrected chi connectivity index (χ0v) is 23.0. The Morgan fingerprint density at radius 1 is 0.829 bits per heavy atom. The predicted molar refractivity (Wildman–Crippen MR) is 157 cm³/mol. The van der Waals surface area contributed by atoms with E-state index in [-0.39, 0.29) is 17.9 Å². The van der Waals surface area contributed by atoms with E-state index in [1.807, 2.05) is 42.5 Å². The van der Waals surface area contributed by atoms with Gasteiger partial charge in [0.1, 0.15) is 11.6 Å². The summed E-state index contributed by atoms with van der Waals surface area (Å²) in [5, 5.41) is 0.363. The van der Waals surface area contributed by atoms with Crippen LogP contribution in [0.25, 0.3) is 27.7 Å². The zero-order valence-electron chi connectivity index (χ0n) is 23.0. The lowest BCUT2D eigenvalue weighted by molar-refractivity contribution is -0.131. The van der Waals surface area contributed by atoms with Gasteiger partial charge in [-0.25, -0.2) is 9.37 Å². The molecule has 5 rings (SSSR count). The number of imide groups is 1. The number of aromatic nitrogens is 2. The van der Waals surface area contributed by atoms with Crippen molar-refractivity contribution in [1.29, 1.82) is 0 Å². The smallest absolute Gasteiger partial charge is 0.266 e. The van der Waals surface area contributed by atoms with Gasteiger partial charge in [0.2, 0.25) is 5.91 Å². The fourth-order valence-electron chi connectivity index (χ4n) is 4.81. The SMILES string of the molecule is CC(c1nc2ccccc2c(=O)n1-c1ccc(F)cc1)N(C(=O)CN(C)C)C(=O)c1ccc(-c2ccccc2)cc1. The summed E-state index contributed by atoms with van der Waals surface area (Å²) in [5.41, 5.74) is 2.67. The molecule has 0 aliphatic carbocycles. The maximum absolute atomic E-state index is 14.0. The third-order valence-electron chi connectivity index (χ3n) is 6.83. The van der Waals surface area contributed by atoms with Gasteiger partial charge in [-0.2, -0.15) is 0 Å². The van der Waals surface area contributed by atoms with Gasteiger partial charge in [0.25, 0.3) is 11.5 Å². The van der Waals surface area contributed by atoms with Crippen LogP contribution in [0.3, 0.4) is 0 Å². The van der Waals surface area contributed by atoms with Crippen LogP contribution >= 0.6 is 0 Å². The lowest BCUT2D eigenvalue weighted by Gasteiger charge is -2.30. The van der Waals surface area contributed by atoms with Gasteiger partial charge in [-0.05, 0) is 80.7 Å². The number of hydrogen-bond acceptors (Lipinski definition) is 5. The molecule has 1 atom stereocenters. The van der Waals surface area contributed by atoms with Crippen LogP contribution in [0.4, 0.5) is 4.39 Å². The van der Waals surface area contributed by atoms with Gasteiger partial charge in [0, 0.05) is 5.56 Å². The van der Waals surface area contributed by atoms with E-state index in [1.165, 1.54) is 28.8 Å². The van der Waals surface area contributed by atoms with Crippen LogP contribution in [0.15, 0.2) is 108 Å². The van der Waals surface area contributed by atoms with Crippen molar-refractivity contribution in [3.63, 3.8) is 0 Å². The summed E-state index contributed by atoms with van der Waals surface area (Å²) >= 11 is 0. The molecule has 0 aliphatic heterocycles. The lowest BCUT2D eigenvalue weighted by Crippen LogP contribution is -2.45. The number of nitrogens with zero attached hydrogens (tertiary/aromatic N) is 4. The number of benzene rings is 4. The van der Waals surface area contributed by atoms with Crippen molar-refractivity contribution in [3.05, 3.63) is 131 Å². The molecule has 5 aromatic rings. The zero-order chi connectivity index (χ0) is 29.1. The summed E-state index contributed by atoms with van der Waals surface area (Å²) in [7, 11) is 3.48. The minimum absolute atomic E-state index is 0.0352. The molecule has 2 amide bonds. The number of hydrogen-bond donors (Lipinski definition) is 0. The standard InChI is InChI=1S/C33H29FN4O3/c1-22(31-35-29-12-8-7-11-28(29)33(41)38(31)27-19-17-26(34)18-20-27)37(30(39)21-36(2)3)32(40)25-15-13-24(14-16-25)23-9-5-4-6-10-23/h4-20,22H,21H2,1-3H3. The Balaban J connectivity index is 1.63. The maximum Gasteiger partial charge on any atom is 0.266 e. The molecule has 0 spiro atoms. The molecule has 0 fully saturated rings. The van der Waals surface area contributed by atoms with Crippen LogP contribution < -0.4 is 5.56 Å². The minimum atomic E-state index is -0.939. The monoisotopic (exact) mass is 548 g/mol. The molecule has 1 unspecified atom stereocenters. The highest BCUT2D eigenvalue weighted by Gasteiger charge is 2.32. The number of fused-ring (bicyclic) bond motifs is 1. The Morgan fingerprint density at radius 3 is 2.10 bits per heavy atom. The van der Waals surface area contributed by atoms with E-state index < -0.39 is 23.7 Å². The molecule has 1 aromatic heterocycles. The summed E-state index contributed by atoms with van der Waals surface area (Å²) in [5.74, 6) is -1.24. The first kappa shape index (κ1) is 27.6.